The molecule has 1 aliphatic carbocycles. The van der Waals surface area contributed by atoms with Gasteiger partial charge in [-0.3, -0.25) is 4.79 Å². The van der Waals surface area contributed by atoms with Crippen molar-refractivity contribution in [1.82, 2.24) is 15.2 Å². The summed E-state index contributed by atoms with van der Waals surface area (Å²) in [7, 11) is 0. The lowest BCUT2D eigenvalue weighted by Crippen LogP contribution is -2.49. The SMILES string of the molecule is Cc1cnc(NC(=O)CN(CC(C)C)C(=O)NC2CCCCC2)s1. The van der Waals surface area contributed by atoms with Gasteiger partial charge in [-0.1, -0.05) is 33.1 Å². The van der Waals surface area contributed by atoms with Gasteiger partial charge in [0.1, 0.15) is 6.54 Å². The zero-order valence-corrected chi connectivity index (χ0v) is 15.6. The number of urea groups is 1. The number of hydrogen-bond acceptors (Lipinski definition) is 4. The van der Waals surface area contributed by atoms with E-state index in [-0.39, 0.29) is 24.5 Å². The molecule has 0 aliphatic heterocycles. The molecule has 134 valence electrons. The monoisotopic (exact) mass is 352 g/mol. The summed E-state index contributed by atoms with van der Waals surface area (Å²) in [6.45, 7) is 6.64. The fourth-order valence-corrected chi connectivity index (χ4v) is 3.60. The maximum Gasteiger partial charge on any atom is 0.318 e. The van der Waals surface area contributed by atoms with Gasteiger partial charge >= 0.3 is 6.03 Å². The van der Waals surface area contributed by atoms with Crippen molar-refractivity contribution in [3.8, 4) is 0 Å². The first kappa shape index (κ1) is 18.7. The third-order valence-electron chi connectivity index (χ3n) is 4.01. The Morgan fingerprint density at radius 3 is 2.62 bits per heavy atom. The normalized spacial score (nSPS) is 15.3. The van der Waals surface area contributed by atoms with E-state index in [1.165, 1.54) is 30.6 Å². The van der Waals surface area contributed by atoms with Gasteiger partial charge in [0.25, 0.3) is 0 Å². The van der Waals surface area contributed by atoms with Crippen LogP contribution in [0.3, 0.4) is 0 Å². The molecule has 2 N–H and O–H groups in total. The van der Waals surface area contributed by atoms with Crippen LogP contribution < -0.4 is 10.6 Å². The second kappa shape index (κ2) is 9.01. The zero-order chi connectivity index (χ0) is 17.5. The van der Waals surface area contributed by atoms with Crippen molar-refractivity contribution in [2.75, 3.05) is 18.4 Å². The number of carbonyl (C=O) groups excluding carboxylic acids is 2. The zero-order valence-electron chi connectivity index (χ0n) is 14.8. The molecule has 0 bridgehead atoms. The van der Waals surface area contributed by atoms with Crippen molar-refractivity contribution >= 4 is 28.4 Å². The first-order chi connectivity index (χ1) is 11.4. The number of amides is 3. The number of aryl methyl sites for hydroxylation is 1. The topological polar surface area (TPSA) is 74.3 Å². The van der Waals surface area contributed by atoms with Crippen LogP contribution >= 0.6 is 11.3 Å². The third-order valence-corrected chi connectivity index (χ3v) is 4.84. The molecule has 2 rings (SSSR count). The number of nitrogens with zero attached hydrogens (tertiary/aromatic N) is 2. The largest absolute Gasteiger partial charge is 0.335 e. The van der Waals surface area contributed by atoms with Crippen LogP contribution in [0.1, 0.15) is 50.8 Å². The summed E-state index contributed by atoms with van der Waals surface area (Å²) in [5.41, 5.74) is 0. The van der Waals surface area contributed by atoms with Crippen LogP contribution in [0, 0.1) is 12.8 Å². The molecule has 0 aromatic carbocycles. The Labute approximate surface area is 148 Å². The number of aromatic nitrogens is 1. The van der Waals surface area contributed by atoms with E-state index in [1.807, 2.05) is 20.8 Å². The number of carbonyl (C=O) groups is 2. The maximum absolute atomic E-state index is 12.6. The van der Waals surface area contributed by atoms with E-state index < -0.39 is 0 Å². The molecule has 0 unspecified atom stereocenters. The standard InChI is InChI=1S/C17H28N4O2S/c1-12(2)10-21(17(23)19-14-7-5-4-6-8-14)11-15(22)20-16-18-9-13(3)24-16/h9,12,14H,4-8,10-11H2,1-3H3,(H,19,23)(H,18,20,22). The van der Waals surface area contributed by atoms with Crippen molar-refractivity contribution < 1.29 is 9.59 Å². The van der Waals surface area contributed by atoms with Gasteiger partial charge in [-0.05, 0) is 25.7 Å². The quantitative estimate of drug-likeness (QED) is 0.824. The second-order valence-corrected chi connectivity index (χ2v) is 8.12. The number of anilines is 1. The predicted octanol–water partition coefficient (Wildman–Crippen LogP) is 3.39. The number of nitrogens with one attached hydrogen (secondary N) is 2. The highest BCUT2D eigenvalue weighted by Crippen LogP contribution is 2.18. The van der Waals surface area contributed by atoms with Gasteiger partial charge in [0, 0.05) is 23.7 Å². The fourth-order valence-electron chi connectivity index (χ4n) is 2.92. The Kier molecular flexibility index (Phi) is 7.02. The average molecular weight is 353 g/mol. The van der Waals surface area contributed by atoms with Crippen LogP contribution in [0.15, 0.2) is 6.20 Å². The van der Waals surface area contributed by atoms with Crippen molar-refractivity contribution in [3.05, 3.63) is 11.1 Å². The lowest BCUT2D eigenvalue weighted by molar-refractivity contribution is -0.116. The van der Waals surface area contributed by atoms with Gasteiger partial charge in [0.15, 0.2) is 5.13 Å². The van der Waals surface area contributed by atoms with E-state index in [0.29, 0.717) is 17.6 Å². The highest BCUT2D eigenvalue weighted by atomic mass is 32.1. The third kappa shape index (κ3) is 6.11. The molecular weight excluding hydrogens is 324 g/mol. The Balaban J connectivity index is 1.90. The van der Waals surface area contributed by atoms with E-state index in [1.54, 1.807) is 11.1 Å². The van der Waals surface area contributed by atoms with Crippen LogP contribution in [0.5, 0.6) is 0 Å². The molecule has 6 nitrogen and oxygen atoms in total. The van der Waals surface area contributed by atoms with Gasteiger partial charge in [0.05, 0.1) is 0 Å². The van der Waals surface area contributed by atoms with Crippen LogP contribution in [0.25, 0.3) is 0 Å². The lowest BCUT2D eigenvalue weighted by Gasteiger charge is -2.29. The molecule has 0 saturated heterocycles. The highest BCUT2D eigenvalue weighted by Gasteiger charge is 2.22. The first-order valence-corrected chi connectivity index (χ1v) is 9.53. The first-order valence-electron chi connectivity index (χ1n) is 8.71. The fraction of sp³-hybridized carbons (Fsp3) is 0.706. The summed E-state index contributed by atoms with van der Waals surface area (Å²) < 4.78 is 0. The molecule has 1 aromatic heterocycles. The molecule has 0 radical (unpaired) electrons. The molecule has 1 saturated carbocycles. The molecule has 0 atom stereocenters. The van der Waals surface area contributed by atoms with Crippen LogP contribution in [-0.4, -0.2) is 41.0 Å². The van der Waals surface area contributed by atoms with Crippen molar-refractivity contribution in [3.63, 3.8) is 0 Å². The van der Waals surface area contributed by atoms with Crippen LogP contribution in [-0.2, 0) is 4.79 Å². The molecule has 1 fully saturated rings. The van der Waals surface area contributed by atoms with Gasteiger partial charge in [-0.15, -0.1) is 11.3 Å². The van der Waals surface area contributed by atoms with Gasteiger partial charge in [-0.25, -0.2) is 9.78 Å². The van der Waals surface area contributed by atoms with E-state index in [4.69, 9.17) is 0 Å². The molecular formula is C17H28N4O2S. The summed E-state index contributed by atoms with van der Waals surface area (Å²) in [6, 6.07) is 0.103. The Morgan fingerprint density at radius 1 is 1.33 bits per heavy atom. The summed E-state index contributed by atoms with van der Waals surface area (Å²) in [5.74, 6) is 0.0980. The summed E-state index contributed by atoms with van der Waals surface area (Å²) in [4.78, 5) is 31.6. The smallest absolute Gasteiger partial charge is 0.318 e. The minimum absolute atomic E-state index is 0.0510. The van der Waals surface area contributed by atoms with E-state index in [9.17, 15) is 9.59 Å². The number of rotatable bonds is 6. The van der Waals surface area contributed by atoms with E-state index >= 15 is 0 Å². The second-order valence-electron chi connectivity index (χ2n) is 6.88. The van der Waals surface area contributed by atoms with E-state index in [2.05, 4.69) is 15.6 Å². The summed E-state index contributed by atoms with van der Waals surface area (Å²) in [5, 5.41) is 6.44. The van der Waals surface area contributed by atoms with Crippen molar-refractivity contribution in [1.29, 1.82) is 0 Å². The minimum atomic E-state index is -0.205. The van der Waals surface area contributed by atoms with Crippen molar-refractivity contribution in [2.24, 2.45) is 5.92 Å². The summed E-state index contributed by atoms with van der Waals surface area (Å²) in [6.07, 6.45) is 7.37. The predicted molar refractivity (Wildman–Crippen MR) is 97.3 cm³/mol. The molecule has 1 aliphatic rings. The Hall–Kier alpha value is -1.63. The molecule has 24 heavy (non-hydrogen) atoms. The van der Waals surface area contributed by atoms with Gasteiger partial charge in [-0.2, -0.15) is 0 Å². The molecule has 0 spiro atoms. The number of hydrogen-bond donors (Lipinski definition) is 2. The molecule has 3 amide bonds. The van der Waals surface area contributed by atoms with Crippen LogP contribution in [0.4, 0.5) is 9.93 Å². The average Bonchev–Trinajstić information content (AvgIpc) is 2.92. The lowest BCUT2D eigenvalue weighted by atomic mass is 9.96. The number of thiazole rings is 1. The molecule has 7 heteroatoms. The Morgan fingerprint density at radius 2 is 2.04 bits per heavy atom. The van der Waals surface area contributed by atoms with E-state index in [0.717, 1.165) is 17.7 Å². The summed E-state index contributed by atoms with van der Waals surface area (Å²) >= 11 is 1.43. The maximum atomic E-state index is 12.6. The van der Waals surface area contributed by atoms with Gasteiger partial charge in [0.2, 0.25) is 5.91 Å². The molecule has 1 aromatic rings. The van der Waals surface area contributed by atoms with Gasteiger partial charge < -0.3 is 15.5 Å². The highest BCUT2D eigenvalue weighted by molar-refractivity contribution is 7.15. The van der Waals surface area contributed by atoms with Crippen LogP contribution in [0.2, 0.25) is 0 Å². The van der Waals surface area contributed by atoms with Crippen molar-refractivity contribution in [2.45, 2.75) is 58.9 Å². The molecule has 1 heterocycles. The Bertz CT molecular complexity index is 553. The minimum Gasteiger partial charge on any atom is -0.335 e.